The van der Waals surface area contributed by atoms with E-state index in [1.165, 1.54) is 48.7 Å². The van der Waals surface area contributed by atoms with Gasteiger partial charge in [-0.25, -0.2) is 4.98 Å². The van der Waals surface area contributed by atoms with Crippen LogP contribution < -0.4 is 0 Å². The van der Waals surface area contributed by atoms with Gasteiger partial charge < -0.3 is 4.57 Å². The van der Waals surface area contributed by atoms with Crippen molar-refractivity contribution in [2.75, 3.05) is 0 Å². The lowest BCUT2D eigenvalue weighted by atomic mass is 9.92. The summed E-state index contributed by atoms with van der Waals surface area (Å²) in [5, 5.41) is 12.3. The van der Waals surface area contributed by atoms with Gasteiger partial charge in [-0.15, -0.1) is 0 Å². The molecule has 0 spiro atoms. The van der Waals surface area contributed by atoms with Crippen LogP contribution in [0.4, 0.5) is 0 Å². The van der Waals surface area contributed by atoms with Crippen molar-refractivity contribution in [3.05, 3.63) is 237 Å². The highest BCUT2D eigenvalue weighted by Crippen LogP contribution is 2.41. The number of aromatic nitrogens is 5. The Morgan fingerprint density at radius 2 is 0.647 bits per heavy atom. The van der Waals surface area contributed by atoms with Gasteiger partial charge in [0.05, 0.1) is 22.1 Å². The van der Waals surface area contributed by atoms with Crippen LogP contribution in [0, 0.1) is 0 Å². The molecular formula is C63H39N5. The van der Waals surface area contributed by atoms with E-state index in [9.17, 15) is 0 Å². The van der Waals surface area contributed by atoms with E-state index in [1.54, 1.807) is 0 Å². The third-order valence-electron chi connectivity index (χ3n) is 13.8. The zero-order chi connectivity index (χ0) is 44.7. The molecule has 11 aromatic carbocycles. The smallest absolute Gasteiger partial charge is 0.238 e. The second-order valence-corrected chi connectivity index (χ2v) is 17.6. The predicted molar refractivity (Wildman–Crippen MR) is 283 cm³/mol. The van der Waals surface area contributed by atoms with E-state index < -0.39 is 0 Å². The van der Waals surface area contributed by atoms with Gasteiger partial charge in [-0.3, -0.25) is 4.57 Å². The molecule has 0 radical (unpaired) electrons. The van der Waals surface area contributed by atoms with Crippen LogP contribution in [0.15, 0.2) is 237 Å². The Morgan fingerprint density at radius 3 is 1.28 bits per heavy atom. The fourth-order valence-electron chi connectivity index (χ4n) is 10.6. The zero-order valence-corrected chi connectivity index (χ0v) is 36.8. The van der Waals surface area contributed by atoms with Crippen molar-refractivity contribution in [3.8, 4) is 56.7 Å². The Hall–Kier alpha value is -9.19. The van der Waals surface area contributed by atoms with Crippen LogP contribution >= 0.6 is 0 Å². The Labute approximate surface area is 391 Å². The first-order valence-electron chi connectivity index (χ1n) is 23.1. The molecule has 0 atom stereocenters. The average Bonchev–Trinajstić information content (AvgIpc) is 3.92. The molecule has 0 saturated heterocycles. The molecule has 0 aliphatic rings. The number of hydrogen-bond donors (Lipinski definition) is 0. The SMILES string of the molecule is c1ccc(-c2ccc(-c3nc(-c4ccccc4)nc(-n4c5ccccc5c5cc6c7ccccc7n(-c7cccc(-c8ccc9c%10ccccc%10c%10ccccc%10c9c8)c7)c6cc54)n3)cc2)cc1. The van der Waals surface area contributed by atoms with Crippen molar-refractivity contribution >= 4 is 75.9 Å². The van der Waals surface area contributed by atoms with Gasteiger partial charge in [0.15, 0.2) is 11.6 Å². The van der Waals surface area contributed by atoms with Gasteiger partial charge in [0, 0.05) is 38.4 Å². The van der Waals surface area contributed by atoms with Crippen LogP contribution in [0.5, 0.6) is 0 Å². The fraction of sp³-hybridized carbons (Fsp3) is 0. The van der Waals surface area contributed by atoms with E-state index in [4.69, 9.17) is 15.0 Å². The molecule has 0 aliphatic carbocycles. The molecule has 68 heavy (non-hydrogen) atoms. The first-order valence-corrected chi connectivity index (χ1v) is 23.1. The van der Waals surface area contributed by atoms with Gasteiger partial charge in [0.1, 0.15) is 0 Å². The van der Waals surface area contributed by atoms with Crippen molar-refractivity contribution in [2.45, 2.75) is 0 Å². The molecule has 0 fully saturated rings. The average molecular weight is 866 g/mol. The monoisotopic (exact) mass is 865 g/mol. The fourth-order valence-corrected chi connectivity index (χ4v) is 10.6. The molecule has 0 saturated carbocycles. The van der Waals surface area contributed by atoms with Crippen LogP contribution in [0.1, 0.15) is 0 Å². The molecule has 3 heterocycles. The molecule has 0 N–H and O–H groups in total. The summed E-state index contributed by atoms with van der Waals surface area (Å²) >= 11 is 0. The Kier molecular flexibility index (Phi) is 8.52. The highest BCUT2D eigenvalue weighted by Gasteiger charge is 2.22. The molecule has 5 heteroatoms. The molecule has 14 rings (SSSR count). The normalized spacial score (nSPS) is 11.8. The number of para-hydroxylation sites is 2. The van der Waals surface area contributed by atoms with Crippen LogP contribution in [0.25, 0.3) is 133 Å². The lowest BCUT2D eigenvalue weighted by molar-refractivity contribution is 0.953. The van der Waals surface area contributed by atoms with Gasteiger partial charge in [-0.2, -0.15) is 9.97 Å². The summed E-state index contributed by atoms with van der Waals surface area (Å²) in [6, 6.07) is 84.7. The quantitative estimate of drug-likeness (QED) is 0.156. The highest BCUT2D eigenvalue weighted by atomic mass is 15.2. The van der Waals surface area contributed by atoms with Crippen molar-refractivity contribution in [2.24, 2.45) is 0 Å². The minimum atomic E-state index is 0.563. The summed E-state index contributed by atoms with van der Waals surface area (Å²) in [5.74, 6) is 1.79. The van der Waals surface area contributed by atoms with Crippen LogP contribution in [0.2, 0.25) is 0 Å². The van der Waals surface area contributed by atoms with Gasteiger partial charge >= 0.3 is 0 Å². The molecule has 0 amide bonds. The lowest BCUT2D eigenvalue weighted by Crippen LogP contribution is -2.06. The molecule has 5 nitrogen and oxygen atoms in total. The van der Waals surface area contributed by atoms with E-state index in [2.05, 4.69) is 221 Å². The van der Waals surface area contributed by atoms with Crippen LogP contribution in [0.3, 0.4) is 0 Å². The van der Waals surface area contributed by atoms with Crippen LogP contribution in [-0.2, 0) is 0 Å². The Bertz CT molecular complexity index is 4270. The molecular weight excluding hydrogens is 827 g/mol. The van der Waals surface area contributed by atoms with Gasteiger partial charge in [-0.1, -0.05) is 194 Å². The van der Waals surface area contributed by atoms with Crippen LogP contribution in [-0.4, -0.2) is 24.1 Å². The van der Waals surface area contributed by atoms with Gasteiger partial charge in [0.2, 0.25) is 5.95 Å². The van der Waals surface area contributed by atoms with E-state index in [0.29, 0.717) is 17.6 Å². The third-order valence-corrected chi connectivity index (χ3v) is 13.8. The number of nitrogens with zero attached hydrogens (tertiary/aromatic N) is 5. The molecule has 0 unspecified atom stereocenters. The van der Waals surface area contributed by atoms with E-state index >= 15 is 0 Å². The van der Waals surface area contributed by atoms with E-state index in [0.717, 1.165) is 66.3 Å². The van der Waals surface area contributed by atoms with Gasteiger partial charge in [-0.05, 0) is 97.0 Å². The molecule has 3 aromatic heterocycles. The first kappa shape index (κ1) is 38.1. The minimum absolute atomic E-state index is 0.563. The third kappa shape index (κ3) is 5.99. The van der Waals surface area contributed by atoms with Gasteiger partial charge in [0.25, 0.3) is 0 Å². The molecule has 316 valence electrons. The van der Waals surface area contributed by atoms with Crippen molar-refractivity contribution < 1.29 is 0 Å². The first-order chi connectivity index (χ1) is 33.7. The summed E-state index contributed by atoms with van der Waals surface area (Å²) in [4.78, 5) is 15.7. The van der Waals surface area contributed by atoms with Crippen molar-refractivity contribution in [1.29, 1.82) is 0 Å². The largest absolute Gasteiger partial charge is 0.309 e. The second kappa shape index (κ2) is 15.2. The molecule has 0 aliphatic heterocycles. The minimum Gasteiger partial charge on any atom is -0.309 e. The van der Waals surface area contributed by atoms with E-state index in [1.807, 2.05) is 24.3 Å². The maximum Gasteiger partial charge on any atom is 0.238 e. The topological polar surface area (TPSA) is 48.5 Å². The Morgan fingerprint density at radius 1 is 0.221 bits per heavy atom. The maximum absolute atomic E-state index is 5.31. The lowest BCUT2D eigenvalue weighted by Gasteiger charge is -2.14. The number of rotatable bonds is 6. The summed E-state index contributed by atoms with van der Waals surface area (Å²) in [6.07, 6.45) is 0. The summed E-state index contributed by atoms with van der Waals surface area (Å²) in [6.45, 7) is 0. The number of fused-ring (bicyclic) bond motifs is 12. The van der Waals surface area contributed by atoms with Crippen molar-refractivity contribution in [1.82, 2.24) is 24.1 Å². The molecule has 14 aromatic rings. The second-order valence-electron chi connectivity index (χ2n) is 17.6. The number of benzene rings is 11. The zero-order valence-electron chi connectivity index (χ0n) is 36.8. The standard InChI is InChI=1S/C63H39N5/c1-3-16-40(17-4-1)41-30-32-43(33-31-41)62-64-61(42-18-5-2-6-19-42)65-63(66-62)68-58-29-14-12-27-53(58)56-38-55-52-26-11-13-28-57(52)67(59(55)39-60(56)68)46-21-15-20-44(36-46)45-34-35-51-49-24-8-7-22-47(49)48-23-9-10-25-50(48)54(51)37-45/h1-39H. The predicted octanol–water partition coefficient (Wildman–Crippen LogP) is 16.2. The highest BCUT2D eigenvalue weighted by molar-refractivity contribution is 6.26. The summed E-state index contributed by atoms with van der Waals surface area (Å²) < 4.78 is 4.64. The summed E-state index contributed by atoms with van der Waals surface area (Å²) in [5.41, 5.74) is 11.9. The Balaban J connectivity index is 0.976. The molecule has 0 bridgehead atoms. The van der Waals surface area contributed by atoms with Crippen molar-refractivity contribution in [3.63, 3.8) is 0 Å². The maximum atomic E-state index is 5.31. The van der Waals surface area contributed by atoms with E-state index in [-0.39, 0.29) is 0 Å². The summed E-state index contributed by atoms with van der Waals surface area (Å²) in [7, 11) is 0. The number of hydrogen-bond acceptors (Lipinski definition) is 3.